The second-order valence-corrected chi connectivity index (χ2v) is 8.04. The number of Topliss-reactive ketones (excluding diaryl/α,β-unsaturated/α-hetero) is 1. The molecule has 0 aromatic heterocycles. The van der Waals surface area contributed by atoms with Gasteiger partial charge in [-0.2, -0.15) is 0 Å². The van der Waals surface area contributed by atoms with Crippen molar-refractivity contribution in [3.63, 3.8) is 0 Å². The second-order valence-electron chi connectivity index (χ2n) is 8.04. The third-order valence-electron chi connectivity index (χ3n) is 5.92. The number of benzene rings is 2. The number of ether oxygens (including phenoxy) is 1. The van der Waals surface area contributed by atoms with Gasteiger partial charge < -0.3 is 15.4 Å². The molecule has 5 heteroatoms. The molecule has 0 saturated heterocycles. The Kier molecular flexibility index (Phi) is 5.94. The van der Waals surface area contributed by atoms with Crippen LogP contribution in [0, 0.1) is 6.92 Å². The van der Waals surface area contributed by atoms with Gasteiger partial charge in [0.15, 0.2) is 5.78 Å². The van der Waals surface area contributed by atoms with Crippen LogP contribution in [0.1, 0.15) is 50.2 Å². The lowest BCUT2D eigenvalue weighted by Crippen LogP contribution is -2.35. The Morgan fingerprint density at radius 2 is 1.94 bits per heavy atom. The van der Waals surface area contributed by atoms with E-state index in [4.69, 9.17) is 4.74 Å². The number of rotatable bonds is 5. The van der Waals surface area contributed by atoms with Crippen LogP contribution < -0.4 is 15.4 Å². The van der Waals surface area contributed by atoms with Crippen molar-refractivity contribution in [1.29, 1.82) is 0 Å². The summed E-state index contributed by atoms with van der Waals surface area (Å²) in [4.78, 5) is 26.6. The summed E-state index contributed by atoms with van der Waals surface area (Å²) < 4.78 is 5.70. The largest absolute Gasteiger partial charge is 0.494 e. The van der Waals surface area contributed by atoms with E-state index in [0.29, 0.717) is 24.2 Å². The zero-order valence-electron chi connectivity index (χ0n) is 18.2. The molecule has 0 saturated carbocycles. The fraction of sp³-hybridized carbons (Fsp3) is 0.308. The number of hydrogen-bond donors (Lipinski definition) is 2. The molecule has 0 radical (unpaired) electrons. The van der Waals surface area contributed by atoms with E-state index in [1.165, 1.54) is 0 Å². The van der Waals surface area contributed by atoms with Gasteiger partial charge in [0.1, 0.15) is 5.75 Å². The predicted molar refractivity (Wildman–Crippen MR) is 122 cm³/mol. The van der Waals surface area contributed by atoms with Crippen LogP contribution in [0.15, 0.2) is 71.1 Å². The van der Waals surface area contributed by atoms with Crippen molar-refractivity contribution in [3.8, 4) is 5.75 Å². The Labute approximate surface area is 183 Å². The molecule has 0 spiro atoms. The molecule has 1 unspecified atom stereocenters. The smallest absolute Gasteiger partial charge is 0.254 e. The number of carbonyl (C=O) groups excluding carboxylic acids is 2. The monoisotopic (exact) mass is 416 g/mol. The van der Waals surface area contributed by atoms with Crippen LogP contribution in [0.5, 0.6) is 5.75 Å². The topological polar surface area (TPSA) is 67.4 Å². The number of aryl methyl sites for hydroxylation is 1. The lowest BCUT2D eigenvalue weighted by atomic mass is 9.75. The van der Waals surface area contributed by atoms with Crippen LogP contribution in [-0.2, 0) is 9.59 Å². The van der Waals surface area contributed by atoms with Crippen molar-refractivity contribution in [2.45, 2.75) is 46.0 Å². The van der Waals surface area contributed by atoms with Gasteiger partial charge >= 0.3 is 0 Å². The van der Waals surface area contributed by atoms with Gasteiger partial charge in [0.05, 0.1) is 6.61 Å². The first kappa shape index (κ1) is 20.9. The summed E-state index contributed by atoms with van der Waals surface area (Å²) in [6.07, 6.45) is 2.15. The van der Waals surface area contributed by atoms with Crippen LogP contribution in [0.2, 0.25) is 0 Å². The van der Waals surface area contributed by atoms with E-state index >= 15 is 0 Å². The molecule has 1 heterocycles. The molecule has 1 aliphatic heterocycles. The molecule has 1 amide bonds. The van der Waals surface area contributed by atoms with Crippen LogP contribution in [-0.4, -0.2) is 18.3 Å². The number of anilines is 1. The minimum Gasteiger partial charge on any atom is -0.494 e. The zero-order chi connectivity index (χ0) is 22.0. The molecular formula is C26H28N2O3. The van der Waals surface area contributed by atoms with Gasteiger partial charge in [-0.05, 0) is 62.9 Å². The van der Waals surface area contributed by atoms with Gasteiger partial charge in [-0.1, -0.05) is 30.3 Å². The first-order chi connectivity index (χ1) is 15.0. The minimum absolute atomic E-state index is 0.106. The van der Waals surface area contributed by atoms with Gasteiger partial charge in [-0.3, -0.25) is 9.59 Å². The summed E-state index contributed by atoms with van der Waals surface area (Å²) >= 11 is 0. The van der Waals surface area contributed by atoms with Gasteiger partial charge in [-0.15, -0.1) is 0 Å². The first-order valence-corrected chi connectivity index (χ1v) is 10.8. The molecule has 1 atom stereocenters. The van der Waals surface area contributed by atoms with Crippen molar-refractivity contribution >= 4 is 17.4 Å². The summed E-state index contributed by atoms with van der Waals surface area (Å²) in [5, 5.41) is 6.42. The lowest BCUT2D eigenvalue weighted by Gasteiger charge is -2.34. The van der Waals surface area contributed by atoms with Crippen LogP contribution in [0.25, 0.3) is 0 Å². The minimum atomic E-state index is -0.423. The summed E-state index contributed by atoms with van der Waals surface area (Å²) in [6.45, 7) is 6.37. The molecular weight excluding hydrogens is 388 g/mol. The number of hydrogen-bond acceptors (Lipinski definition) is 4. The Bertz CT molecular complexity index is 1100. The normalized spacial score (nSPS) is 18.4. The van der Waals surface area contributed by atoms with Gasteiger partial charge in [0, 0.05) is 40.6 Å². The Morgan fingerprint density at radius 3 is 2.71 bits per heavy atom. The number of nitrogens with one attached hydrogen (secondary N) is 2. The highest BCUT2D eigenvalue weighted by Crippen LogP contribution is 2.43. The third kappa shape index (κ3) is 4.13. The highest BCUT2D eigenvalue weighted by molar-refractivity contribution is 6.10. The van der Waals surface area contributed by atoms with E-state index in [0.717, 1.165) is 46.8 Å². The van der Waals surface area contributed by atoms with Crippen molar-refractivity contribution < 1.29 is 14.3 Å². The fourth-order valence-electron chi connectivity index (χ4n) is 4.47. The summed E-state index contributed by atoms with van der Waals surface area (Å²) in [5.41, 5.74) is 5.65. The SMILES string of the molecule is CCOc1cccc(C2C(C(=O)Nc3ccccc3C)=C(C)NC3=C2C(=O)CCC3)c1. The van der Waals surface area contributed by atoms with Gasteiger partial charge in [0.25, 0.3) is 5.91 Å². The Balaban J connectivity index is 1.80. The lowest BCUT2D eigenvalue weighted by molar-refractivity contribution is -0.116. The summed E-state index contributed by atoms with van der Waals surface area (Å²) in [7, 11) is 0. The van der Waals surface area contributed by atoms with Crippen molar-refractivity contribution in [3.05, 3.63) is 82.2 Å². The zero-order valence-corrected chi connectivity index (χ0v) is 18.2. The number of allylic oxidation sites excluding steroid dienone is 3. The maximum Gasteiger partial charge on any atom is 0.254 e. The highest BCUT2D eigenvalue weighted by atomic mass is 16.5. The number of carbonyl (C=O) groups is 2. The van der Waals surface area contributed by atoms with Crippen molar-refractivity contribution in [2.75, 3.05) is 11.9 Å². The summed E-state index contributed by atoms with van der Waals surface area (Å²) in [5.74, 6) is 0.221. The standard InChI is InChI=1S/C26H28N2O3/c1-4-31-19-11-7-10-18(15-19)24-23(26(30)28-20-12-6-5-9-16(20)2)17(3)27-21-13-8-14-22(29)25(21)24/h5-7,9-12,15,24,27H,4,8,13-14H2,1-3H3,(H,28,30). The van der Waals surface area contributed by atoms with Crippen LogP contribution in [0.3, 0.4) is 0 Å². The number of dihydropyridines is 1. The molecule has 5 nitrogen and oxygen atoms in total. The van der Waals surface area contributed by atoms with E-state index in [2.05, 4.69) is 10.6 Å². The number of para-hydroxylation sites is 1. The second kappa shape index (κ2) is 8.80. The fourth-order valence-corrected chi connectivity index (χ4v) is 4.47. The highest BCUT2D eigenvalue weighted by Gasteiger charge is 2.38. The quantitative estimate of drug-likeness (QED) is 0.720. The van der Waals surface area contributed by atoms with E-state index in [9.17, 15) is 9.59 Å². The molecule has 0 fully saturated rings. The Hall–Kier alpha value is -3.34. The average Bonchev–Trinajstić information content (AvgIpc) is 2.75. The average molecular weight is 417 g/mol. The summed E-state index contributed by atoms with van der Waals surface area (Å²) in [6, 6.07) is 15.4. The molecule has 2 aromatic carbocycles. The molecule has 1 aliphatic carbocycles. The number of amides is 1. The molecule has 0 bridgehead atoms. The molecule has 2 aliphatic rings. The van der Waals surface area contributed by atoms with E-state index in [-0.39, 0.29) is 11.7 Å². The maximum absolute atomic E-state index is 13.5. The third-order valence-corrected chi connectivity index (χ3v) is 5.92. The van der Waals surface area contributed by atoms with Crippen LogP contribution in [0.4, 0.5) is 5.69 Å². The van der Waals surface area contributed by atoms with Crippen molar-refractivity contribution in [2.24, 2.45) is 0 Å². The van der Waals surface area contributed by atoms with Gasteiger partial charge in [0.2, 0.25) is 0 Å². The maximum atomic E-state index is 13.5. The van der Waals surface area contributed by atoms with Crippen LogP contribution >= 0.6 is 0 Å². The molecule has 31 heavy (non-hydrogen) atoms. The predicted octanol–water partition coefficient (Wildman–Crippen LogP) is 5.00. The number of ketones is 1. The molecule has 2 N–H and O–H groups in total. The molecule has 160 valence electrons. The van der Waals surface area contributed by atoms with E-state index < -0.39 is 5.92 Å². The van der Waals surface area contributed by atoms with Crippen molar-refractivity contribution in [1.82, 2.24) is 5.32 Å². The van der Waals surface area contributed by atoms with E-state index in [1.54, 1.807) is 0 Å². The van der Waals surface area contributed by atoms with E-state index in [1.807, 2.05) is 69.3 Å². The molecule has 2 aromatic rings. The Morgan fingerprint density at radius 1 is 1.13 bits per heavy atom. The van der Waals surface area contributed by atoms with Gasteiger partial charge in [-0.25, -0.2) is 0 Å². The first-order valence-electron chi connectivity index (χ1n) is 10.8. The molecule has 4 rings (SSSR count).